The number of nitrogens with zero attached hydrogens (tertiary/aromatic N) is 6. The third-order valence-electron chi connectivity index (χ3n) is 12.2. The highest BCUT2D eigenvalue weighted by molar-refractivity contribution is 9.10. The fraction of sp³-hybridized carbons (Fsp3) is 0.200. The molecule has 2 aliphatic heterocycles. The fourth-order valence-electron chi connectivity index (χ4n) is 8.49. The number of ether oxygens (including phenoxy) is 4. The third-order valence-corrected chi connectivity index (χ3v) is 16.4. The van der Waals surface area contributed by atoms with Crippen molar-refractivity contribution in [3.05, 3.63) is 179 Å². The Morgan fingerprint density at radius 1 is 0.625 bits per heavy atom. The van der Waals surface area contributed by atoms with E-state index in [1.165, 1.54) is 107 Å². The number of aromatic nitrogens is 4. The molecule has 0 atom stereocenters. The van der Waals surface area contributed by atoms with Crippen molar-refractivity contribution in [1.82, 2.24) is 28.1 Å². The molecule has 0 aliphatic carbocycles. The third kappa shape index (κ3) is 13.1. The van der Waals surface area contributed by atoms with Gasteiger partial charge in [-0.15, -0.1) is 0 Å². The second-order valence-corrected chi connectivity index (χ2v) is 21.9. The molecule has 3 N–H and O–H groups in total. The van der Waals surface area contributed by atoms with E-state index in [4.69, 9.17) is 51.8 Å². The van der Waals surface area contributed by atoms with Crippen LogP contribution in [0, 0.1) is 11.6 Å². The second kappa shape index (κ2) is 25.3. The molecular weight excluding hydrogens is 1200 g/mol. The summed E-state index contributed by atoms with van der Waals surface area (Å²) in [7, 11) is -1.39. The quantitative estimate of drug-likeness (QED) is 0.0830. The molecule has 10 rings (SSSR count). The van der Waals surface area contributed by atoms with Crippen LogP contribution in [0.25, 0.3) is 22.5 Å². The molecule has 0 unspecified atom stereocenters. The van der Waals surface area contributed by atoms with E-state index >= 15 is 4.39 Å². The minimum atomic E-state index is -3.93. The van der Waals surface area contributed by atoms with Crippen molar-refractivity contribution >= 4 is 78.9 Å². The van der Waals surface area contributed by atoms with Crippen molar-refractivity contribution in [2.75, 3.05) is 51.0 Å². The first-order valence-corrected chi connectivity index (χ1v) is 27.8. The lowest BCUT2D eigenvalue weighted by Crippen LogP contribution is -2.41. The lowest BCUT2D eigenvalue weighted by Gasteiger charge is -2.30. The predicted molar refractivity (Wildman–Crippen MR) is 295 cm³/mol. The molecule has 0 spiro atoms. The van der Waals surface area contributed by atoms with Crippen LogP contribution >= 0.6 is 39.1 Å². The average molecular weight is 1250 g/mol. The Morgan fingerprint density at radius 3 is 1.57 bits per heavy atom. The Kier molecular flexibility index (Phi) is 18.6. The molecule has 0 saturated carbocycles. The fourth-order valence-corrected chi connectivity index (χ4v) is 11.5. The van der Waals surface area contributed by atoms with Crippen LogP contribution in [-0.4, -0.2) is 99.1 Å². The van der Waals surface area contributed by atoms with Gasteiger partial charge in [0.25, 0.3) is 11.1 Å². The molecule has 0 amide bonds. The Hall–Kier alpha value is -7.44. The minimum absolute atomic E-state index is 0.00372. The maximum absolute atomic E-state index is 15.5. The second-order valence-electron chi connectivity index (χ2n) is 16.9. The number of benzene rings is 4. The number of pyridine rings is 2. The van der Waals surface area contributed by atoms with Gasteiger partial charge in [-0.3, -0.25) is 28.2 Å². The lowest BCUT2D eigenvalue weighted by molar-refractivity contribution is 0.384. The van der Waals surface area contributed by atoms with Crippen molar-refractivity contribution in [2.24, 2.45) is 0 Å². The topological polar surface area (TPSA) is 261 Å². The van der Waals surface area contributed by atoms with Gasteiger partial charge in [-0.25, -0.2) is 8.78 Å². The van der Waals surface area contributed by atoms with Crippen molar-refractivity contribution in [2.45, 2.75) is 25.9 Å². The highest BCUT2D eigenvalue weighted by Gasteiger charge is 2.32. The largest absolute Gasteiger partial charge is 0.569 e. The maximum atomic E-state index is 15.5. The first-order chi connectivity index (χ1) is 38.3. The van der Waals surface area contributed by atoms with Gasteiger partial charge in [0.05, 0.1) is 54.3 Å². The molecule has 419 valence electrons. The number of fused-ring (bicyclic) bond motifs is 2. The van der Waals surface area contributed by atoms with Gasteiger partial charge >= 0.3 is 28.1 Å². The molecule has 22 nitrogen and oxygen atoms in total. The van der Waals surface area contributed by atoms with Gasteiger partial charge in [0, 0.05) is 98.4 Å². The number of anilines is 2. The Balaban J connectivity index is 0.000000178. The normalized spacial score (nSPS) is 13.3. The zero-order chi connectivity index (χ0) is 57.5. The molecule has 8 aromatic rings. The molecule has 0 fully saturated rings. The van der Waals surface area contributed by atoms with Crippen LogP contribution in [0.3, 0.4) is 0 Å². The van der Waals surface area contributed by atoms with Crippen LogP contribution in [0.4, 0.5) is 20.4 Å². The van der Waals surface area contributed by atoms with Crippen molar-refractivity contribution < 1.29 is 63.3 Å². The number of hydrogen-bond donors (Lipinski definition) is 3. The number of methoxy groups -OCH3 is 4. The van der Waals surface area contributed by atoms with Crippen molar-refractivity contribution in [3.8, 4) is 51.2 Å². The summed E-state index contributed by atoms with van der Waals surface area (Å²) in [6, 6.07) is 23.6. The van der Waals surface area contributed by atoms with Gasteiger partial charge in [0.15, 0.2) is 11.6 Å². The number of rotatable bonds is 15. The van der Waals surface area contributed by atoms with Gasteiger partial charge < -0.3 is 37.7 Å². The first kappa shape index (κ1) is 58.7. The van der Waals surface area contributed by atoms with E-state index < -0.39 is 37.6 Å². The highest BCUT2D eigenvalue weighted by atomic mass is 79.9. The Morgan fingerprint density at radius 2 is 1.10 bits per heavy atom. The standard InChI is InChI=1S/C25H22ClFN4O6S.C18H16BrFN4O5S.C7H7BClO3/c1-35-22-11-15(3-5-18(22)26)17-12-23(36-2)21(13-19(17)27)31-20-7-9-30(14-16(20)4-6-25(31)32)38(33,34)29-24-8-10-37-28-24;1-28-16-8-12(19)13(20)9-15(16)24-14-4-6-23(10-11(14)2-3-18(24)25)30(26,27)22-17-5-7-29-21-17;1-11-7-4-5(12-8-10)2-3-6(7)9/h3-6,8,10-13H,7,9,14H2,1-2H3,(H,28,29);2-3,5,7-9H,4,6,10H2,1H3,(H,21,22);2-4,10H,1H3. The summed E-state index contributed by atoms with van der Waals surface area (Å²) in [4.78, 5) is 25.7. The molecule has 1 radical (unpaired) electrons. The zero-order valence-corrected chi connectivity index (χ0v) is 47.1. The summed E-state index contributed by atoms with van der Waals surface area (Å²) >= 11 is 15.0. The number of hydrogen-bond acceptors (Lipinski definition) is 16. The van der Waals surface area contributed by atoms with E-state index in [2.05, 4.69) is 44.7 Å². The lowest BCUT2D eigenvalue weighted by atomic mass is 10.0. The summed E-state index contributed by atoms with van der Waals surface area (Å²) in [6.07, 6.45) is 2.95. The molecule has 4 aromatic carbocycles. The monoisotopic (exact) mass is 1240 g/mol. The van der Waals surface area contributed by atoms with E-state index in [0.29, 0.717) is 68.8 Å². The molecule has 0 bridgehead atoms. The van der Waals surface area contributed by atoms with Crippen molar-refractivity contribution in [3.63, 3.8) is 0 Å². The van der Waals surface area contributed by atoms with Crippen LogP contribution < -0.4 is 44.2 Å². The maximum Gasteiger partial charge on any atom is 0.569 e. The van der Waals surface area contributed by atoms with E-state index in [9.17, 15) is 30.8 Å². The minimum Gasteiger partial charge on any atom is -0.537 e. The average Bonchev–Trinajstić information content (AvgIpc) is 4.22. The van der Waals surface area contributed by atoms with Crippen molar-refractivity contribution in [1.29, 1.82) is 0 Å². The highest BCUT2D eigenvalue weighted by Crippen LogP contribution is 2.38. The summed E-state index contributed by atoms with van der Waals surface area (Å²) in [5.41, 5.74) is 2.79. The molecule has 2 aliphatic rings. The van der Waals surface area contributed by atoms with Gasteiger partial charge in [0.1, 0.15) is 52.9 Å². The van der Waals surface area contributed by atoms with E-state index in [0.717, 1.165) is 0 Å². The van der Waals surface area contributed by atoms with E-state index in [-0.39, 0.29) is 83.4 Å². The summed E-state index contributed by atoms with van der Waals surface area (Å²) in [6.45, 7) is 0.225. The smallest absolute Gasteiger partial charge is 0.537 e. The SMILES string of the molecule is COc1cc(-c2cc(OC)c(-n3c4c(ccc3=O)CN(S(=O)(=O)Nc3ccon3)CC4)cc2F)ccc1Cl.COc1cc(Br)c(F)cc1-n1c2c(ccc1=O)CN(S(=O)(=O)Nc1ccon1)CC2.COc1cc(O[B]O)ccc1Cl. The summed E-state index contributed by atoms with van der Waals surface area (Å²) < 4.78 is 126. The van der Waals surface area contributed by atoms with Gasteiger partial charge in [-0.1, -0.05) is 51.7 Å². The summed E-state index contributed by atoms with van der Waals surface area (Å²) in [5.74, 6) is 0.918. The van der Waals surface area contributed by atoms with Crippen LogP contribution in [0.2, 0.25) is 10.0 Å². The zero-order valence-electron chi connectivity index (χ0n) is 42.4. The van der Waals surface area contributed by atoms with Gasteiger partial charge in [-0.2, -0.15) is 25.4 Å². The molecular formula is C50H45BBrCl2F2N8O14S2. The predicted octanol–water partition coefficient (Wildman–Crippen LogP) is 7.72. The van der Waals surface area contributed by atoms with Crippen LogP contribution in [0.15, 0.2) is 133 Å². The number of halogens is 5. The Bertz CT molecular complexity index is 3900. The first-order valence-electron chi connectivity index (χ1n) is 23.3. The number of nitrogens with one attached hydrogen (secondary N) is 2. The van der Waals surface area contributed by atoms with E-state index in [1.54, 1.807) is 48.5 Å². The molecule has 4 aromatic heterocycles. The molecule has 30 heteroatoms. The summed E-state index contributed by atoms with van der Waals surface area (Å²) in [5, 5.41) is 16.3. The van der Waals surface area contributed by atoms with Crippen LogP contribution in [-0.2, 0) is 46.3 Å². The van der Waals surface area contributed by atoms with Gasteiger partial charge in [-0.05, 0) is 69.0 Å². The molecule has 0 saturated heterocycles. The van der Waals surface area contributed by atoms with Gasteiger partial charge in [0.2, 0.25) is 0 Å². The van der Waals surface area contributed by atoms with Crippen LogP contribution in [0.1, 0.15) is 22.5 Å². The van der Waals surface area contributed by atoms with E-state index in [1.807, 2.05) is 0 Å². The van der Waals surface area contributed by atoms with Crippen LogP contribution in [0.5, 0.6) is 28.7 Å². The Labute approximate surface area is 474 Å². The molecule has 6 heterocycles. The molecule has 80 heavy (non-hydrogen) atoms.